The maximum absolute atomic E-state index is 13.0. The van der Waals surface area contributed by atoms with Gasteiger partial charge in [-0.25, -0.2) is 4.39 Å². The van der Waals surface area contributed by atoms with Gasteiger partial charge in [-0.05, 0) is 25.1 Å². The Bertz CT molecular complexity index is 576. The molecular formula is C11H11FN4OS2. The van der Waals surface area contributed by atoms with Crippen LogP contribution in [-0.4, -0.2) is 21.4 Å². The zero-order valence-electron chi connectivity index (χ0n) is 9.96. The molecule has 19 heavy (non-hydrogen) atoms. The van der Waals surface area contributed by atoms with Crippen molar-refractivity contribution in [3.05, 3.63) is 29.5 Å². The lowest BCUT2D eigenvalue weighted by atomic mass is 10.2. The largest absolute Gasteiger partial charge is 0.396 e. The highest BCUT2D eigenvalue weighted by molar-refractivity contribution is 8.02. The molecule has 2 rings (SSSR count). The van der Waals surface area contributed by atoms with Gasteiger partial charge in [-0.2, -0.15) is 0 Å². The van der Waals surface area contributed by atoms with Crippen LogP contribution in [0.4, 0.5) is 15.8 Å². The Labute approximate surface area is 117 Å². The summed E-state index contributed by atoms with van der Waals surface area (Å²) in [4.78, 5) is 11.9. The van der Waals surface area contributed by atoms with Crippen LogP contribution in [0, 0.1) is 5.82 Å². The maximum Gasteiger partial charge on any atom is 0.237 e. The Kier molecular flexibility index (Phi) is 4.33. The number of nitrogens with two attached hydrogens (primary N) is 1. The van der Waals surface area contributed by atoms with Crippen LogP contribution < -0.4 is 11.1 Å². The van der Waals surface area contributed by atoms with Gasteiger partial charge in [0.15, 0.2) is 4.34 Å². The number of aromatic nitrogens is 2. The molecule has 0 radical (unpaired) electrons. The van der Waals surface area contributed by atoms with Gasteiger partial charge < -0.3 is 11.1 Å². The zero-order chi connectivity index (χ0) is 13.8. The van der Waals surface area contributed by atoms with Crippen molar-refractivity contribution < 1.29 is 9.18 Å². The lowest BCUT2D eigenvalue weighted by Crippen LogP contribution is -2.22. The van der Waals surface area contributed by atoms with E-state index in [-0.39, 0.29) is 16.8 Å². The maximum atomic E-state index is 13.0. The summed E-state index contributed by atoms with van der Waals surface area (Å²) in [5, 5.41) is 9.89. The Morgan fingerprint density at radius 3 is 3.00 bits per heavy atom. The normalized spacial score (nSPS) is 12.1. The van der Waals surface area contributed by atoms with Crippen molar-refractivity contribution in [2.75, 3.05) is 11.1 Å². The van der Waals surface area contributed by atoms with E-state index < -0.39 is 5.82 Å². The number of benzene rings is 1. The first-order chi connectivity index (χ1) is 9.06. The number of hydrogen-bond acceptors (Lipinski definition) is 6. The number of rotatable bonds is 4. The molecule has 0 saturated carbocycles. The van der Waals surface area contributed by atoms with Crippen LogP contribution in [0.5, 0.6) is 0 Å². The van der Waals surface area contributed by atoms with Gasteiger partial charge in [-0.15, -0.1) is 10.2 Å². The van der Waals surface area contributed by atoms with Crippen LogP contribution in [0.25, 0.3) is 0 Å². The predicted octanol–water partition coefficient (Wildman–Crippen LogP) is 2.38. The van der Waals surface area contributed by atoms with Crippen molar-refractivity contribution in [3.63, 3.8) is 0 Å². The molecular weight excluding hydrogens is 287 g/mol. The third-order valence-electron chi connectivity index (χ3n) is 2.25. The van der Waals surface area contributed by atoms with Crippen LogP contribution in [0.1, 0.15) is 6.92 Å². The van der Waals surface area contributed by atoms with Crippen LogP contribution in [0.15, 0.2) is 28.0 Å². The van der Waals surface area contributed by atoms with Gasteiger partial charge in [-0.3, -0.25) is 4.79 Å². The van der Waals surface area contributed by atoms with Crippen LogP contribution in [0.2, 0.25) is 0 Å². The molecule has 100 valence electrons. The second-order valence-electron chi connectivity index (χ2n) is 3.69. The standard InChI is InChI=1S/C11H11FN4OS2/c1-6(19-11-16-14-5-18-11)10(17)15-7-2-3-8(12)9(13)4-7/h2-6H,13H2,1H3,(H,15,17). The van der Waals surface area contributed by atoms with Crippen LogP contribution in [0.3, 0.4) is 0 Å². The molecule has 0 fully saturated rings. The summed E-state index contributed by atoms with van der Waals surface area (Å²) in [6.45, 7) is 1.76. The minimum absolute atomic E-state index is 0.00206. The van der Waals surface area contributed by atoms with Crippen molar-refractivity contribution in [2.45, 2.75) is 16.5 Å². The number of hydrogen-bond donors (Lipinski definition) is 2. The number of thioether (sulfide) groups is 1. The molecule has 0 aliphatic rings. The van der Waals surface area contributed by atoms with Crippen LogP contribution >= 0.6 is 23.1 Å². The highest BCUT2D eigenvalue weighted by Crippen LogP contribution is 2.25. The number of nitrogens with zero attached hydrogens (tertiary/aromatic N) is 2. The predicted molar refractivity (Wildman–Crippen MR) is 74.7 cm³/mol. The van der Waals surface area contributed by atoms with Gasteiger partial charge in [0.1, 0.15) is 11.3 Å². The van der Waals surface area contributed by atoms with E-state index in [0.29, 0.717) is 5.69 Å². The van der Waals surface area contributed by atoms with E-state index in [4.69, 9.17) is 5.73 Å². The smallest absolute Gasteiger partial charge is 0.237 e. The van der Waals surface area contributed by atoms with E-state index in [1.807, 2.05) is 0 Å². The molecule has 2 aromatic rings. The Morgan fingerprint density at radius 2 is 2.37 bits per heavy atom. The number of halogens is 1. The fraction of sp³-hybridized carbons (Fsp3) is 0.182. The molecule has 0 saturated heterocycles. The number of carbonyl (C=O) groups excluding carboxylic acids is 1. The lowest BCUT2D eigenvalue weighted by Gasteiger charge is -2.10. The first kappa shape index (κ1) is 13.8. The number of nitrogens with one attached hydrogen (secondary N) is 1. The fourth-order valence-corrected chi connectivity index (χ4v) is 2.91. The summed E-state index contributed by atoms with van der Waals surface area (Å²) in [7, 11) is 0. The molecule has 0 bridgehead atoms. The highest BCUT2D eigenvalue weighted by Gasteiger charge is 2.16. The van der Waals surface area contributed by atoms with E-state index in [1.54, 1.807) is 12.4 Å². The summed E-state index contributed by atoms with van der Waals surface area (Å²) in [6.07, 6.45) is 0. The van der Waals surface area contributed by atoms with Crippen molar-refractivity contribution in [3.8, 4) is 0 Å². The summed E-state index contributed by atoms with van der Waals surface area (Å²) < 4.78 is 13.7. The number of carbonyl (C=O) groups is 1. The van der Waals surface area contributed by atoms with E-state index in [2.05, 4.69) is 15.5 Å². The molecule has 0 spiro atoms. The van der Waals surface area contributed by atoms with Gasteiger partial charge in [0.05, 0.1) is 10.9 Å². The zero-order valence-corrected chi connectivity index (χ0v) is 11.6. The summed E-state index contributed by atoms with van der Waals surface area (Å²) in [5.74, 6) is -0.708. The molecule has 0 aliphatic carbocycles. The number of anilines is 2. The average Bonchev–Trinajstić information content (AvgIpc) is 2.86. The van der Waals surface area contributed by atoms with Crippen molar-refractivity contribution in [1.29, 1.82) is 0 Å². The quantitative estimate of drug-likeness (QED) is 0.669. The minimum atomic E-state index is -0.505. The van der Waals surface area contributed by atoms with Gasteiger partial charge in [-0.1, -0.05) is 23.1 Å². The molecule has 1 unspecified atom stereocenters. The number of nitrogen functional groups attached to an aromatic ring is 1. The topological polar surface area (TPSA) is 80.9 Å². The molecule has 1 amide bonds. The first-order valence-electron chi connectivity index (χ1n) is 5.35. The molecule has 1 atom stereocenters. The Hall–Kier alpha value is -1.67. The Morgan fingerprint density at radius 1 is 1.58 bits per heavy atom. The molecule has 8 heteroatoms. The van der Waals surface area contributed by atoms with E-state index in [9.17, 15) is 9.18 Å². The van der Waals surface area contributed by atoms with Gasteiger partial charge in [0.25, 0.3) is 0 Å². The molecule has 3 N–H and O–H groups in total. The van der Waals surface area contributed by atoms with Gasteiger partial charge >= 0.3 is 0 Å². The fourth-order valence-electron chi connectivity index (χ4n) is 1.28. The third-order valence-corrected chi connectivity index (χ3v) is 4.16. The summed E-state index contributed by atoms with van der Waals surface area (Å²) in [5.41, 5.74) is 7.51. The summed E-state index contributed by atoms with van der Waals surface area (Å²) >= 11 is 2.68. The van der Waals surface area contributed by atoms with Crippen molar-refractivity contribution in [1.82, 2.24) is 10.2 Å². The summed E-state index contributed by atoms with van der Waals surface area (Å²) in [6, 6.07) is 4.06. The monoisotopic (exact) mass is 298 g/mol. The number of amides is 1. The first-order valence-corrected chi connectivity index (χ1v) is 7.11. The van der Waals surface area contributed by atoms with E-state index >= 15 is 0 Å². The van der Waals surface area contributed by atoms with E-state index in [0.717, 1.165) is 4.34 Å². The van der Waals surface area contributed by atoms with Crippen molar-refractivity contribution >= 4 is 40.4 Å². The SMILES string of the molecule is CC(Sc1nncs1)C(=O)Nc1ccc(F)c(N)c1. The molecule has 1 heterocycles. The second-order valence-corrected chi connectivity index (χ2v) is 6.11. The highest BCUT2D eigenvalue weighted by atomic mass is 32.2. The average molecular weight is 298 g/mol. The lowest BCUT2D eigenvalue weighted by molar-refractivity contribution is -0.115. The molecule has 1 aromatic heterocycles. The molecule has 5 nitrogen and oxygen atoms in total. The Balaban J connectivity index is 1.98. The third kappa shape index (κ3) is 3.65. The molecule has 1 aromatic carbocycles. The van der Waals surface area contributed by atoms with Gasteiger partial charge in [0, 0.05) is 5.69 Å². The van der Waals surface area contributed by atoms with Crippen LogP contribution in [-0.2, 0) is 4.79 Å². The molecule has 0 aliphatic heterocycles. The minimum Gasteiger partial charge on any atom is -0.396 e. The van der Waals surface area contributed by atoms with Gasteiger partial charge in [0.2, 0.25) is 5.91 Å². The second kappa shape index (κ2) is 5.98. The van der Waals surface area contributed by atoms with Crippen molar-refractivity contribution in [2.24, 2.45) is 0 Å². The van der Waals surface area contributed by atoms with E-state index in [1.165, 1.54) is 41.3 Å².